The van der Waals surface area contributed by atoms with Gasteiger partial charge in [0.15, 0.2) is 0 Å². The van der Waals surface area contributed by atoms with E-state index in [4.69, 9.17) is 0 Å². The minimum atomic E-state index is 1.17. The van der Waals surface area contributed by atoms with E-state index < -0.39 is 0 Å². The first-order valence-electron chi connectivity index (χ1n) is 0.628. The fourth-order valence-corrected chi connectivity index (χ4v) is 0. The second-order valence-electron chi connectivity index (χ2n) is 0.189. The summed E-state index contributed by atoms with van der Waals surface area (Å²) in [5.41, 5.74) is 0. The number of hydrogen-bond acceptors (Lipinski definition) is 0. The molecule has 0 radical (unpaired) electrons. The molecule has 0 aromatic heterocycles. The van der Waals surface area contributed by atoms with Crippen molar-refractivity contribution in [2.75, 3.05) is 0 Å². The molecule has 0 aromatic rings. The summed E-state index contributed by atoms with van der Waals surface area (Å²) in [5, 5.41) is 0. The van der Waals surface area contributed by atoms with Crippen molar-refractivity contribution in [3.05, 3.63) is 0 Å². The predicted molar refractivity (Wildman–Crippen MR) is 10.3 cm³/mol. The molecule has 0 nitrogen and oxygen atoms in total. The number of halogens is 1. The quantitative estimate of drug-likeness (QED) is 0.460. The Hall–Kier alpha value is 1.06. The molecular formula is C2HFXe. The molecule has 4 heavy (non-hydrogen) atoms. The van der Waals surface area contributed by atoms with Gasteiger partial charge in [-0.1, -0.05) is 0 Å². The van der Waals surface area contributed by atoms with E-state index in [9.17, 15) is 4.39 Å². The van der Waals surface area contributed by atoms with Gasteiger partial charge in [0.25, 0.3) is 0 Å². The fraction of sp³-hybridized carbons (Fsp3) is 0. The molecule has 0 bridgehead atoms. The Labute approximate surface area is 56.5 Å². The summed E-state index contributed by atoms with van der Waals surface area (Å²) in [6.45, 7) is 0. The van der Waals surface area contributed by atoms with Gasteiger partial charge in [0.2, 0.25) is 0 Å². The van der Waals surface area contributed by atoms with Gasteiger partial charge >= 0.3 is 57.5 Å². The second kappa shape index (κ2) is 4.06. The van der Waals surface area contributed by atoms with Gasteiger partial charge in [-0.15, -0.1) is 0 Å². The third-order valence-corrected chi connectivity index (χ3v) is 0.240. The van der Waals surface area contributed by atoms with Gasteiger partial charge < -0.3 is 0 Å². The Morgan fingerprint density at radius 3 is 2.00 bits per heavy atom. The van der Waals surface area contributed by atoms with Crippen LogP contribution < -0.4 is 0 Å². The van der Waals surface area contributed by atoms with Crippen molar-refractivity contribution >= 4 is 0 Å². The standard InChI is InChI=1S/C2HFXe/c3-1-2-4/h4H. The van der Waals surface area contributed by atoms with Crippen LogP contribution in [0.15, 0.2) is 0 Å². The van der Waals surface area contributed by atoms with Crippen LogP contribution in [-0.2, 0) is 0 Å². The van der Waals surface area contributed by atoms with E-state index in [0.717, 1.165) is 0 Å². The SMILES string of the molecule is FC#C[XeH]. The monoisotopic (exact) mass is 176 g/mol. The molecule has 0 N–H and O–H groups in total. The molecule has 0 spiro atoms. The molecule has 0 aliphatic heterocycles. The van der Waals surface area contributed by atoms with Crippen molar-refractivity contribution in [1.82, 2.24) is 0 Å². The normalized spacial score (nSPS) is 3.75. The molecule has 0 amide bonds. The molecule has 0 rings (SSSR count). The first-order chi connectivity index (χ1) is 1.91. The summed E-state index contributed by atoms with van der Waals surface area (Å²) in [4.78, 5) is 0. The van der Waals surface area contributed by atoms with Gasteiger partial charge in [0.05, 0.1) is 0 Å². The maximum absolute atomic E-state index is 10.4. The zero-order valence-corrected chi connectivity index (χ0v) is 3.91. The summed E-state index contributed by atoms with van der Waals surface area (Å²) < 4.78 is 12.3. The molecule has 0 aliphatic carbocycles. The van der Waals surface area contributed by atoms with E-state index in [2.05, 4.69) is 0 Å². The van der Waals surface area contributed by atoms with Crippen LogP contribution in [0.5, 0.6) is 0 Å². The van der Waals surface area contributed by atoms with Gasteiger partial charge in [-0.3, -0.25) is 0 Å². The van der Waals surface area contributed by atoms with Gasteiger partial charge in [0, 0.05) is 0 Å². The molecule has 24 valence electrons. The average Bonchev–Trinajstić information content (AvgIpc) is 1.37. The summed E-state index contributed by atoms with van der Waals surface area (Å²) in [6, 6.07) is 0. The molecule has 0 unspecified atom stereocenters. The van der Waals surface area contributed by atoms with Gasteiger partial charge in [-0.2, -0.15) is 0 Å². The van der Waals surface area contributed by atoms with Crippen LogP contribution in [0.2, 0.25) is 0 Å². The van der Waals surface area contributed by atoms with E-state index in [-0.39, 0.29) is 0 Å². The Morgan fingerprint density at radius 1 is 1.75 bits per heavy atom. The summed E-state index contributed by atoms with van der Waals surface area (Å²) >= 11 is 1.62. The van der Waals surface area contributed by atoms with Crippen molar-refractivity contribution in [1.29, 1.82) is 0 Å². The molecule has 0 aliphatic rings. The van der Waals surface area contributed by atoms with E-state index in [1.165, 1.54) is 6.17 Å². The average molecular weight is 175 g/mol. The van der Waals surface area contributed by atoms with Crippen LogP contribution in [0.4, 0.5) is 4.39 Å². The molecule has 0 fully saturated rings. The Kier molecular flexibility index (Phi) is 5.14. The summed E-state index contributed by atoms with van der Waals surface area (Å²) in [5.74, 6) is 0. The summed E-state index contributed by atoms with van der Waals surface area (Å²) in [7, 11) is 0. The Balaban J connectivity index is 2.83. The Morgan fingerprint density at radius 2 is 2.00 bits per heavy atom. The molecular weight excluding hydrogens is 174 g/mol. The van der Waals surface area contributed by atoms with E-state index in [1.54, 1.807) is 46.5 Å². The van der Waals surface area contributed by atoms with E-state index in [1.807, 2.05) is 0.388 Å². The van der Waals surface area contributed by atoms with Crippen LogP contribution in [-0.4, -0.2) is 0 Å². The molecule has 0 heterocycles. The van der Waals surface area contributed by atoms with E-state index in [0.29, 0.717) is 0 Å². The van der Waals surface area contributed by atoms with Crippen molar-refractivity contribution in [3.63, 3.8) is 0 Å². The van der Waals surface area contributed by atoms with Crippen molar-refractivity contribution in [2.24, 2.45) is 0 Å². The first-order valence-corrected chi connectivity index (χ1v) is 1.71. The van der Waals surface area contributed by atoms with Crippen LogP contribution in [0, 0.1) is 53.1 Å². The molecule has 0 aromatic carbocycles. The minimum absolute atomic E-state index is 1.17. The van der Waals surface area contributed by atoms with Crippen molar-refractivity contribution in [2.45, 2.75) is 0 Å². The first kappa shape index (κ1) is 5.06. The van der Waals surface area contributed by atoms with Gasteiger partial charge in [0.1, 0.15) is 0 Å². The third kappa shape index (κ3) is 3.06. The molecule has 0 atom stereocenters. The van der Waals surface area contributed by atoms with Crippen LogP contribution in [0.3, 0.4) is 0 Å². The number of rotatable bonds is 0. The maximum atomic E-state index is 10.4. The summed E-state index contributed by atoms with van der Waals surface area (Å²) in [6.07, 6.45) is 1.17. The van der Waals surface area contributed by atoms with E-state index >= 15 is 0 Å². The van der Waals surface area contributed by atoms with Crippen molar-refractivity contribution in [3.8, 4) is 6.56 Å². The molecule has 0 saturated carbocycles. The fourth-order valence-electron chi connectivity index (χ4n) is 0. The molecule has 0 saturated heterocycles. The van der Waals surface area contributed by atoms with Crippen LogP contribution in [0.25, 0.3) is 0 Å². The third-order valence-electron chi connectivity index (χ3n) is 0.0357. The topological polar surface area (TPSA) is 0 Å². The Bertz CT molecular complexity index is 42.8. The zero-order chi connectivity index (χ0) is 3.41. The van der Waals surface area contributed by atoms with Crippen molar-refractivity contribution < 1.29 is 50.9 Å². The van der Waals surface area contributed by atoms with Crippen LogP contribution >= 0.6 is 0 Å². The zero-order valence-electron chi connectivity index (χ0n) is 1.76. The number of hydrogen-bond donors (Lipinski definition) is 0. The van der Waals surface area contributed by atoms with Gasteiger partial charge in [-0.25, -0.2) is 0 Å². The van der Waals surface area contributed by atoms with Crippen LogP contribution in [0.1, 0.15) is 0 Å². The van der Waals surface area contributed by atoms with Gasteiger partial charge in [-0.05, 0) is 0 Å². The second-order valence-corrected chi connectivity index (χ2v) is 0.728. The molecule has 2 heteroatoms. The predicted octanol–water partition coefficient (Wildman–Crippen LogP) is 0.156.